The number of hydrogen-bond acceptors (Lipinski definition) is 4. The average molecular weight is 236 g/mol. The molecule has 0 bridgehead atoms. The van der Waals surface area contributed by atoms with Crippen LogP contribution >= 0.6 is 0 Å². The standard InChI is InChI=1S/C13H16O4/c1-16-8-7-10(14)9-12(15)11-5-3-4-6-13(11)17-2/h3-6H,7-9H2,1-2H3. The molecule has 0 aliphatic rings. The molecule has 0 aliphatic carbocycles. The molecule has 4 heteroatoms. The first-order valence-corrected chi connectivity index (χ1v) is 5.36. The summed E-state index contributed by atoms with van der Waals surface area (Å²) >= 11 is 0. The molecule has 0 aromatic heterocycles. The molecule has 0 saturated carbocycles. The molecule has 1 aromatic rings. The molecule has 92 valence electrons. The molecule has 0 aliphatic heterocycles. The Morgan fingerprint density at radius 3 is 2.53 bits per heavy atom. The first kappa shape index (κ1) is 13.4. The molecule has 0 atom stereocenters. The van der Waals surface area contributed by atoms with Crippen LogP contribution in [0.15, 0.2) is 24.3 Å². The maximum atomic E-state index is 11.9. The molecule has 0 fully saturated rings. The van der Waals surface area contributed by atoms with Crippen LogP contribution in [0.5, 0.6) is 5.75 Å². The Hall–Kier alpha value is -1.68. The summed E-state index contributed by atoms with van der Waals surface area (Å²) in [6, 6.07) is 6.88. The van der Waals surface area contributed by atoms with E-state index in [4.69, 9.17) is 9.47 Å². The van der Waals surface area contributed by atoms with E-state index in [1.165, 1.54) is 14.2 Å². The van der Waals surface area contributed by atoms with Crippen molar-refractivity contribution in [2.24, 2.45) is 0 Å². The van der Waals surface area contributed by atoms with Crippen LogP contribution in [-0.4, -0.2) is 32.4 Å². The third kappa shape index (κ3) is 4.00. The van der Waals surface area contributed by atoms with E-state index in [0.29, 0.717) is 17.9 Å². The lowest BCUT2D eigenvalue weighted by Gasteiger charge is -2.06. The second-order valence-corrected chi connectivity index (χ2v) is 3.58. The number of carbonyl (C=O) groups excluding carboxylic acids is 2. The maximum Gasteiger partial charge on any atom is 0.173 e. The minimum atomic E-state index is -0.219. The van der Waals surface area contributed by atoms with Crippen molar-refractivity contribution in [1.29, 1.82) is 0 Å². The molecule has 1 rings (SSSR count). The van der Waals surface area contributed by atoms with Gasteiger partial charge in [0.1, 0.15) is 11.5 Å². The van der Waals surface area contributed by atoms with Gasteiger partial charge in [-0.15, -0.1) is 0 Å². The SMILES string of the molecule is COCCC(=O)CC(=O)c1ccccc1OC. The van der Waals surface area contributed by atoms with E-state index in [-0.39, 0.29) is 24.4 Å². The number of ketones is 2. The average Bonchev–Trinajstić information content (AvgIpc) is 2.36. The van der Waals surface area contributed by atoms with Gasteiger partial charge in [0, 0.05) is 13.5 Å². The Labute approximate surface area is 101 Å². The van der Waals surface area contributed by atoms with E-state index in [9.17, 15) is 9.59 Å². The monoisotopic (exact) mass is 236 g/mol. The van der Waals surface area contributed by atoms with E-state index in [1.807, 2.05) is 0 Å². The zero-order valence-electron chi connectivity index (χ0n) is 10.1. The second-order valence-electron chi connectivity index (χ2n) is 3.58. The largest absolute Gasteiger partial charge is 0.496 e. The Balaban J connectivity index is 2.66. The summed E-state index contributed by atoms with van der Waals surface area (Å²) in [5, 5.41) is 0. The van der Waals surface area contributed by atoms with Crippen LogP contribution in [0.4, 0.5) is 0 Å². The minimum absolute atomic E-state index is 0.107. The van der Waals surface area contributed by atoms with Gasteiger partial charge < -0.3 is 9.47 Å². The van der Waals surface area contributed by atoms with Gasteiger partial charge in [-0.3, -0.25) is 9.59 Å². The summed E-state index contributed by atoms with van der Waals surface area (Å²) in [5.74, 6) is 0.156. The number of methoxy groups -OCH3 is 2. The lowest BCUT2D eigenvalue weighted by Crippen LogP contribution is -2.11. The predicted molar refractivity (Wildman–Crippen MR) is 63.4 cm³/mol. The lowest BCUT2D eigenvalue weighted by molar-refractivity contribution is -0.119. The van der Waals surface area contributed by atoms with Crippen molar-refractivity contribution in [3.63, 3.8) is 0 Å². The van der Waals surface area contributed by atoms with Crippen LogP contribution in [0.1, 0.15) is 23.2 Å². The normalized spacial score (nSPS) is 10.0. The number of Topliss-reactive ketones (excluding diaryl/α,β-unsaturated/α-hetero) is 2. The van der Waals surface area contributed by atoms with Gasteiger partial charge in [0.05, 0.1) is 25.7 Å². The zero-order valence-corrected chi connectivity index (χ0v) is 10.1. The fraction of sp³-hybridized carbons (Fsp3) is 0.385. The second kappa shape index (κ2) is 6.81. The van der Waals surface area contributed by atoms with Crippen molar-refractivity contribution in [2.45, 2.75) is 12.8 Å². The van der Waals surface area contributed by atoms with Gasteiger partial charge in [0.15, 0.2) is 5.78 Å². The van der Waals surface area contributed by atoms with E-state index in [0.717, 1.165) is 0 Å². The highest BCUT2D eigenvalue weighted by Crippen LogP contribution is 2.19. The van der Waals surface area contributed by atoms with Gasteiger partial charge in [-0.1, -0.05) is 12.1 Å². The smallest absolute Gasteiger partial charge is 0.173 e. The van der Waals surface area contributed by atoms with E-state index in [2.05, 4.69) is 0 Å². The van der Waals surface area contributed by atoms with Crippen molar-refractivity contribution in [2.75, 3.05) is 20.8 Å². The summed E-state index contributed by atoms with van der Waals surface area (Å²) in [6.07, 6.45) is 0.154. The van der Waals surface area contributed by atoms with Gasteiger partial charge in [0.25, 0.3) is 0 Å². The molecule has 0 radical (unpaired) electrons. The first-order chi connectivity index (χ1) is 8.19. The van der Waals surface area contributed by atoms with Gasteiger partial charge in [-0.2, -0.15) is 0 Å². The van der Waals surface area contributed by atoms with Crippen LogP contribution in [0.2, 0.25) is 0 Å². The Morgan fingerprint density at radius 1 is 1.18 bits per heavy atom. The van der Waals surface area contributed by atoms with Crippen molar-refractivity contribution in [1.82, 2.24) is 0 Å². The summed E-state index contributed by atoms with van der Waals surface area (Å²) in [6.45, 7) is 0.345. The van der Waals surface area contributed by atoms with Gasteiger partial charge >= 0.3 is 0 Å². The third-order valence-corrected chi connectivity index (χ3v) is 2.35. The van der Waals surface area contributed by atoms with E-state index in [1.54, 1.807) is 24.3 Å². The molecule has 4 nitrogen and oxygen atoms in total. The molecular weight excluding hydrogens is 220 g/mol. The summed E-state index contributed by atoms with van der Waals surface area (Å²) in [4.78, 5) is 23.3. The number of para-hydroxylation sites is 1. The molecule has 0 saturated heterocycles. The molecule has 0 spiro atoms. The summed E-state index contributed by atoms with van der Waals surface area (Å²) in [5.41, 5.74) is 0.445. The van der Waals surface area contributed by atoms with E-state index >= 15 is 0 Å². The van der Waals surface area contributed by atoms with Crippen molar-refractivity contribution >= 4 is 11.6 Å². The molecule has 1 aromatic carbocycles. The van der Waals surface area contributed by atoms with Crippen molar-refractivity contribution in [3.8, 4) is 5.75 Å². The number of carbonyl (C=O) groups is 2. The van der Waals surface area contributed by atoms with Crippen LogP contribution < -0.4 is 4.74 Å². The number of hydrogen-bond donors (Lipinski definition) is 0. The van der Waals surface area contributed by atoms with E-state index < -0.39 is 0 Å². The van der Waals surface area contributed by atoms with Crippen LogP contribution in [0.3, 0.4) is 0 Å². The molecule has 17 heavy (non-hydrogen) atoms. The Kier molecular flexibility index (Phi) is 5.36. The molecule has 0 heterocycles. The quantitative estimate of drug-likeness (QED) is 0.535. The number of ether oxygens (including phenoxy) is 2. The first-order valence-electron chi connectivity index (χ1n) is 5.36. The van der Waals surface area contributed by atoms with Gasteiger partial charge in [-0.05, 0) is 12.1 Å². The topological polar surface area (TPSA) is 52.6 Å². The molecule has 0 unspecified atom stereocenters. The molecule has 0 amide bonds. The lowest BCUT2D eigenvalue weighted by atomic mass is 10.0. The van der Waals surface area contributed by atoms with Gasteiger partial charge in [0.2, 0.25) is 0 Å². The number of rotatable bonds is 7. The minimum Gasteiger partial charge on any atom is -0.496 e. The zero-order chi connectivity index (χ0) is 12.7. The predicted octanol–water partition coefficient (Wildman–Crippen LogP) is 1.87. The van der Waals surface area contributed by atoms with Crippen LogP contribution in [0.25, 0.3) is 0 Å². The highest BCUT2D eigenvalue weighted by atomic mass is 16.5. The van der Waals surface area contributed by atoms with Crippen LogP contribution in [0, 0.1) is 0 Å². The Morgan fingerprint density at radius 2 is 1.88 bits per heavy atom. The summed E-state index contributed by atoms with van der Waals surface area (Å²) in [7, 11) is 3.02. The summed E-state index contributed by atoms with van der Waals surface area (Å²) < 4.78 is 9.86. The molecule has 0 N–H and O–H groups in total. The Bertz CT molecular complexity index is 398. The fourth-order valence-electron chi connectivity index (χ4n) is 1.45. The highest BCUT2D eigenvalue weighted by molar-refractivity contribution is 6.09. The van der Waals surface area contributed by atoms with Crippen molar-refractivity contribution < 1.29 is 19.1 Å². The molecular formula is C13H16O4. The van der Waals surface area contributed by atoms with Gasteiger partial charge in [-0.25, -0.2) is 0 Å². The third-order valence-electron chi connectivity index (χ3n) is 2.35. The number of benzene rings is 1. The highest BCUT2D eigenvalue weighted by Gasteiger charge is 2.15. The van der Waals surface area contributed by atoms with Crippen molar-refractivity contribution in [3.05, 3.63) is 29.8 Å². The van der Waals surface area contributed by atoms with Crippen LogP contribution in [-0.2, 0) is 9.53 Å². The maximum absolute atomic E-state index is 11.9. The fourth-order valence-corrected chi connectivity index (χ4v) is 1.45.